The minimum absolute atomic E-state index is 0.00852. The zero-order valence-corrected chi connectivity index (χ0v) is 17.2. The molecule has 2 N–H and O–H groups in total. The Bertz CT molecular complexity index is 1300. The molecule has 1 heterocycles. The molecule has 1 aromatic heterocycles. The summed E-state index contributed by atoms with van der Waals surface area (Å²) in [6.45, 7) is -1.11. The quantitative estimate of drug-likeness (QED) is 0.175. The number of hydroxylamine groups is 1. The number of carbonyl (C=O) groups is 1. The Hall–Kier alpha value is -3.42. The Morgan fingerprint density at radius 1 is 0.909 bits per heavy atom. The lowest BCUT2D eigenvalue weighted by Gasteiger charge is -2.23. The van der Waals surface area contributed by atoms with Gasteiger partial charge in [0, 0.05) is 30.9 Å². The molecule has 174 valence electrons. The summed E-state index contributed by atoms with van der Waals surface area (Å²) in [5.74, 6) is -10.2. The van der Waals surface area contributed by atoms with Gasteiger partial charge in [-0.25, -0.2) is 35.8 Å². The van der Waals surface area contributed by atoms with E-state index in [1.165, 1.54) is 29.7 Å². The number of pyridine rings is 1. The maximum Gasteiger partial charge on any atom is 0.274 e. The summed E-state index contributed by atoms with van der Waals surface area (Å²) in [5.41, 5.74) is 1.71. The van der Waals surface area contributed by atoms with Crippen LogP contribution in [0.2, 0.25) is 0 Å². The van der Waals surface area contributed by atoms with E-state index < -0.39 is 63.0 Å². The van der Waals surface area contributed by atoms with E-state index in [0.717, 1.165) is 18.5 Å². The molecule has 0 radical (unpaired) electrons. The molecule has 0 saturated heterocycles. The summed E-state index contributed by atoms with van der Waals surface area (Å²) in [5, 5.41) is 8.67. The van der Waals surface area contributed by atoms with Crippen LogP contribution in [0.25, 0.3) is 0 Å². The molecule has 2 aromatic carbocycles. The van der Waals surface area contributed by atoms with Gasteiger partial charge in [0.25, 0.3) is 5.91 Å². The fraction of sp³-hybridized carbons (Fsp3) is 0.100. The van der Waals surface area contributed by atoms with Crippen molar-refractivity contribution in [2.24, 2.45) is 0 Å². The van der Waals surface area contributed by atoms with Crippen molar-refractivity contribution >= 4 is 15.9 Å². The Morgan fingerprint density at radius 2 is 1.55 bits per heavy atom. The van der Waals surface area contributed by atoms with Crippen LogP contribution in [-0.4, -0.2) is 28.8 Å². The van der Waals surface area contributed by atoms with Crippen molar-refractivity contribution in [2.45, 2.75) is 18.0 Å². The smallest absolute Gasteiger partial charge is 0.274 e. The molecular weight excluding hydrogens is 473 g/mol. The van der Waals surface area contributed by atoms with Gasteiger partial charge in [-0.2, -0.15) is 4.31 Å². The van der Waals surface area contributed by atoms with Gasteiger partial charge < -0.3 is 0 Å². The van der Waals surface area contributed by atoms with E-state index in [-0.39, 0.29) is 22.8 Å². The van der Waals surface area contributed by atoms with Gasteiger partial charge >= 0.3 is 0 Å². The first kappa shape index (κ1) is 24.2. The molecule has 3 aromatic rings. The molecule has 0 spiro atoms. The minimum atomic E-state index is -4.99. The first-order valence-electron chi connectivity index (χ1n) is 9.00. The zero-order valence-electron chi connectivity index (χ0n) is 16.4. The Kier molecular flexibility index (Phi) is 7.05. The number of hydrogen-bond donors (Lipinski definition) is 2. The third-order valence-electron chi connectivity index (χ3n) is 4.48. The lowest BCUT2D eigenvalue weighted by Crippen LogP contribution is -2.31. The number of nitrogens with zero attached hydrogens (tertiary/aromatic N) is 2. The van der Waals surface area contributed by atoms with Crippen LogP contribution < -0.4 is 5.48 Å². The van der Waals surface area contributed by atoms with Crippen molar-refractivity contribution in [3.63, 3.8) is 0 Å². The van der Waals surface area contributed by atoms with Gasteiger partial charge in [-0.05, 0) is 29.3 Å². The fourth-order valence-electron chi connectivity index (χ4n) is 2.88. The van der Waals surface area contributed by atoms with Crippen LogP contribution in [-0.2, 0) is 23.1 Å². The highest BCUT2D eigenvalue weighted by Crippen LogP contribution is 2.27. The van der Waals surface area contributed by atoms with Crippen LogP contribution in [0.5, 0.6) is 0 Å². The number of amides is 1. The number of hydrogen-bond acceptors (Lipinski definition) is 5. The van der Waals surface area contributed by atoms with Gasteiger partial charge in [0.2, 0.25) is 10.0 Å². The minimum Gasteiger partial charge on any atom is -0.288 e. The summed E-state index contributed by atoms with van der Waals surface area (Å²) in [6, 6.07) is 6.06. The van der Waals surface area contributed by atoms with Crippen molar-refractivity contribution in [3.8, 4) is 0 Å². The zero-order chi connectivity index (χ0) is 24.3. The first-order chi connectivity index (χ1) is 15.5. The lowest BCUT2D eigenvalue weighted by molar-refractivity contribution is 0.0706. The molecule has 7 nitrogen and oxygen atoms in total. The Labute approximate surface area is 184 Å². The number of rotatable bonds is 7. The SMILES string of the molecule is O=C(NO)c1ccc(CN(Cc2cncc(F)c2)S(=O)(=O)c2cc(F)c(F)c(F)c2F)cc1. The largest absolute Gasteiger partial charge is 0.288 e. The van der Waals surface area contributed by atoms with E-state index >= 15 is 0 Å². The Balaban J connectivity index is 2.06. The molecule has 13 heteroatoms. The summed E-state index contributed by atoms with van der Waals surface area (Å²) >= 11 is 0. The molecular formula is C20H14F5N3O4S. The van der Waals surface area contributed by atoms with E-state index in [1.807, 2.05) is 0 Å². The number of sulfonamides is 1. The average molecular weight is 487 g/mol. The molecule has 0 aliphatic heterocycles. The summed E-state index contributed by atoms with van der Waals surface area (Å²) < 4.78 is 95.3. The van der Waals surface area contributed by atoms with Gasteiger partial charge in [-0.1, -0.05) is 12.1 Å². The predicted octanol–water partition coefficient (Wildman–Crippen LogP) is 3.29. The third kappa shape index (κ3) is 5.16. The van der Waals surface area contributed by atoms with Crippen molar-refractivity contribution < 1.29 is 40.4 Å². The van der Waals surface area contributed by atoms with Crippen LogP contribution in [0.3, 0.4) is 0 Å². The second-order valence-electron chi connectivity index (χ2n) is 6.72. The van der Waals surface area contributed by atoms with E-state index in [0.29, 0.717) is 4.31 Å². The average Bonchev–Trinajstić information content (AvgIpc) is 2.79. The van der Waals surface area contributed by atoms with Crippen molar-refractivity contribution in [2.75, 3.05) is 0 Å². The molecule has 0 atom stereocenters. The summed E-state index contributed by atoms with van der Waals surface area (Å²) in [6.07, 6.45) is 1.99. The standard InChI is InChI=1S/C20H14F5N3O4S/c21-14-5-12(7-26-8-14)10-28(9-11-1-3-13(4-2-11)20(29)27-30)33(31,32)16-6-15(22)17(23)19(25)18(16)24/h1-8,30H,9-10H2,(H,27,29). The van der Waals surface area contributed by atoms with Gasteiger partial charge in [-0.15, -0.1) is 0 Å². The summed E-state index contributed by atoms with van der Waals surface area (Å²) in [7, 11) is -4.99. The van der Waals surface area contributed by atoms with E-state index in [9.17, 15) is 35.2 Å². The van der Waals surface area contributed by atoms with Crippen LogP contribution >= 0.6 is 0 Å². The monoisotopic (exact) mass is 487 g/mol. The number of carbonyl (C=O) groups excluding carboxylic acids is 1. The molecule has 3 rings (SSSR count). The van der Waals surface area contributed by atoms with Gasteiger partial charge in [0.1, 0.15) is 10.7 Å². The van der Waals surface area contributed by atoms with E-state index in [1.54, 1.807) is 0 Å². The van der Waals surface area contributed by atoms with Crippen LogP contribution in [0.4, 0.5) is 22.0 Å². The van der Waals surface area contributed by atoms with E-state index in [2.05, 4.69) is 4.98 Å². The molecule has 1 amide bonds. The van der Waals surface area contributed by atoms with E-state index in [4.69, 9.17) is 5.21 Å². The molecule has 0 aliphatic carbocycles. The van der Waals surface area contributed by atoms with Gasteiger partial charge in [0.05, 0.1) is 6.20 Å². The fourth-order valence-corrected chi connectivity index (χ4v) is 4.36. The number of nitrogens with one attached hydrogen (secondary N) is 1. The highest BCUT2D eigenvalue weighted by atomic mass is 32.2. The van der Waals surface area contributed by atoms with Crippen LogP contribution in [0.15, 0.2) is 53.7 Å². The lowest BCUT2D eigenvalue weighted by atomic mass is 10.1. The maximum absolute atomic E-state index is 14.3. The highest BCUT2D eigenvalue weighted by molar-refractivity contribution is 7.89. The molecule has 0 fully saturated rings. The normalized spacial score (nSPS) is 11.6. The topological polar surface area (TPSA) is 99.6 Å². The number of aromatic nitrogens is 1. The number of halogens is 5. The molecule has 0 bridgehead atoms. The van der Waals surface area contributed by atoms with Crippen LogP contribution in [0.1, 0.15) is 21.5 Å². The molecule has 0 unspecified atom stereocenters. The third-order valence-corrected chi connectivity index (χ3v) is 6.28. The summed E-state index contributed by atoms with van der Waals surface area (Å²) in [4.78, 5) is 13.6. The Morgan fingerprint density at radius 3 is 2.15 bits per heavy atom. The molecule has 0 aliphatic rings. The molecule has 33 heavy (non-hydrogen) atoms. The second-order valence-corrected chi connectivity index (χ2v) is 8.63. The van der Waals surface area contributed by atoms with Gasteiger partial charge in [0.15, 0.2) is 23.3 Å². The number of benzene rings is 2. The highest BCUT2D eigenvalue weighted by Gasteiger charge is 2.32. The van der Waals surface area contributed by atoms with Crippen molar-refractivity contribution in [1.29, 1.82) is 0 Å². The van der Waals surface area contributed by atoms with Crippen LogP contribution in [0, 0.1) is 29.1 Å². The van der Waals surface area contributed by atoms with Gasteiger partial charge in [-0.3, -0.25) is 15.0 Å². The maximum atomic E-state index is 14.3. The first-order valence-corrected chi connectivity index (χ1v) is 10.4. The van der Waals surface area contributed by atoms with Crippen molar-refractivity contribution in [1.82, 2.24) is 14.8 Å². The van der Waals surface area contributed by atoms with Crippen molar-refractivity contribution in [3.05, 3.63) is 94.6 Å². The molecule has 0 saturated carbocycles. The predicted molar refractivity (Wildman–Crippen MR) is 103 cm³/mol. The second kappa shape index (κ2) is 9.60.